The van der Waals surface area contributed by atoms with Crippen LogP contribution in [0, 0.1) is 17.5 Å². The number of phenolic OH excluding ortho intramolecular Hbond substituents is 1. The third-order valence-corrected chi connectivity index (χ3v) is 2.62. The van der Waals surface area contributed by atoms with Gasteiger partial charge in [0.05, 0.1) is 5.69 Å². The maximum atomic E-state index is 13.1. The minimum absolute atomic E-state index is 0.0397. The highest BCUT2D eigenvalue weighted by atomic mass is 32.1. The summed E-state index contributed by atoms with van der Waals surface area (Å²) in [4.78, 5) is 0. The predicted octanol–water partition coefficient (Wildman–Crippen LogP) is 3.62. The van der Waals surface area contributed by atoms with E-state index in [-0.39, 0.29) is 10.8 Å². The highest BCUT2D eigenvalue weighted by Crippen LogP contribution is 2.28. The highest BCUT2D eigenvalue weighted by Gasteiger charge is 2.13. The molecule has 0 saturated heterocycles. The first-order chi connectivity index (χ1) is 9.47. The number of nitrogens with one attached hydrogen (secondary N) is 2. The molecule has 3 N–H and O–H groups in total. The van der Waals surface area contributed by atoms with Crippen LogP contribution < -0.4 is 10.6 Å². The van der Waals surface area contributed by atoms with Crippen molar-refractivity contribution in [1.29, 1.82) is 0 Å². The topological polar surface area (TPSA) is 44.3 Å². The standard InChI is InChI=1S/C13H9F3N2OS/c14-7-1-3-8(4-2-7)17-13(20)18-10-6-5-9(15)11(16)12(10)19/h1-6,19H,(H2,17,18,20). The Bertz CT molecular complexity index is 647. The Morgan fingerprint density at radius 3 is 2.25 bits per heavy atom. The van der Waals surface area contributed by atoms with E-state index >= 15 is 0 Å². The molecule has 0 spiro atoms. The van der Waals surface area contributed by atoms with Gasteiger partial charge in [0, 0.05) is 5.69 Å². The first-order valence-electron chi connectivity index (χ1n) is 5.48. The molecule has 0 aliphatic heterocycles. The lowest BCUT2D eigenvalue weighted by molar-refractivity contribution is 0.409. The van der Waals surface area contributed by atoms with E-state index in [9.17, 15) is 18.3 Å². The molecule has 0 amide bonds. The van der Waals surface area contributed by atoms with E-state index < -0.39 is 23.2 Å². The highest BCUT2D eigenvalue weighted by molar-refractivity contribution is 7.80. The van der Waals surface area contributed by atoms with Gasteiger partial charge in [-0.15, -0.1) is 0 Å². The van der Waals surface area contributed by atoms with Gasteiger partial charge in [0.25, 0.3) is 0 Å². The molecule has 20 heavy (non-hydrogen) atoms. The van der Waals surface area contributed by atoms with Gasteiger partial charge in [0.1, 0.15) is 5.82 Å². The first kappa shape index (κ1) is 14.1. The predicted molar refractivity (Wildman–Crippen MR) is 74.3 cm³/mol. The summed E-state index contributed by atoms with van der Waals surface area (Å²) in [7, 11) is 0. The Labute approximate surface area is 118 Å². The van der Waals surface area contributed by atoms with Crippen LogP contribution in [0.5, 0.6) is 5.75 Å². The minimum atomic E-state index is -1.36. The molecule has 0 aliphatic carbocycles. The van der Waals surface area contributed by atoms with Crippen molar-refractivity contribution >= 4 is 28.7 Å². The molecule has 0 unspecified atom stereocenters. The summed E-state index contributed by atoms with van der Waals surface area (Å²) in [6.07, 6.45) is 0. The number of phenols is 1. The quantitative estimate of drug-likeness (QED) is 0.585. The van der Waals surface area contributed by atoms with Crippen molar-refractivity contribution in [3.05, 3.63) is 53.8 Å². The van der Waals surface area contributed by atoms with Crippen molar-refractivity contribution < 1.29 is 18.3 Å². The second-order valence-electron chi connectivity index (χ2n) is 3.84. The van der Waals surface area contributed by atoms with Crippen LogP contribution in [-0.4, -0.2) is 10.2 Å². The smallest absolute Gasteiger partial charge is 0.202 e. The van der Waals surface area contributed by atoms with Crippen molar-refractivity contribution in [3.8, 4) is 5.75 Å². The lowest BCUT2D eigenvalue weighted by atomic mass is 10.2. The second-order valence-corrected chi connectivity index (χ2v) is 4.25. The van der Waals surface area contributed by atoms with Crippen molar-refractivity contribution in [3.63, 3.8) is 0 Å². The fraction of sp³-hybridized carbons (Fsp3) is 0. The van der Waals surface area contributed by atoms with Crippen LogP contribution in [0.15, 0.2) is 36.4 Å². The monoisotopic (exact) mass is 298 g/mol. The molecule has 2 rings (SSSR count). The zero-order valence-corrected chi connectivity index (χ0v) is 10.8. The van der Waals surface area contributed by atoms with Crippen LogP contribution in [0.4, 0.5) is 24.5 Å². The van der Waals surface area contributed by atoms with Gasteiger partial charge < -0.3 is 15.7 Å². The maximum Gasteiger partial charge on any atom is 0.202 e. The molecule has 0 bridgehead atoms. The fourth-order valence-electron chi connectivity index (χ4n) is 1.46. The number of anilines is 2. The van der Waals surface area contributed by atoms with Gasteiger partial charge in [-0.2, -0.15) is 4.39 Å². The third-order valence-electron chi connectivity index (χ3n) is 2.42. The Balaban J connectivity index is 2.08. The van der Waals surface area contributed by atoms with Gasteiger partial charge in [-0.1, -0.05) is 0 Å². The Morgan fingerprint density at radius 1 is 0.950 bits per heavy atom. The molecular weight excluding hydrogens is 289 g/mol. The lowest BCUT2D eigenvalue weighted by Crippen LogP contribution is -2.19. The van der Waals surface area contributed by atoms with Crippen molar-refractivity contribution in [2.75, 3.05) is 10.6 Å². The number of aromatic hydroxyl groups is 1. The van der Waals surface area contributed by atoms with Gasteiger partial charge in [0.15, 0.2) is 16.7 Å². The molecule has 0 heterocycles. The summed E-state index contributed by atoms with van der Waals surface area (Å²) in [5.41, 5.74) is 0.425. The second kappa shape index (κ2) is 5.79. The fourth-order valence-corrected chi connectivity index (χ4v) is 1.69. The number of thiocarbonyl (C=S) groups is 1. The van der Waals surface area contributed by atoms with Crippen molar-refractivity contribution in [1.82, 2.24) is 0 Å². The molecule has 0 aromatic heterocycles. The lowest BCUT2D eigenvalue weighted by Gasteiger charge is -2.12. The maximum absolute atomic E-state index is 13.1. The molecule has 0 atom stereocenters. The van der Waals surface area contributed by atoms with Crippen LogP contribution in [0.25, 0.3) is 0 Å². The van der Waals surface area contributed by atoms with Crippen molar-refractivity contribution in [2.24, 2.45) is 0 Å². The normalized spacial score (nSPS) is 10.2. The minimum Gasteiger partial charge on any atom is -0.503 e. The molecule has 0 fully saturated rings. The van der Waals surface area contributed by atoms with E-state index in [2.05, 4.69) is 10.6 Å². The average Bonchev–Trinajstić information content (AvgIpc) is 2.42. The molecule has 7 heteroatoms. The SMILES string of the molecule is Oc1c(NC(=S)Nc2ccc(F)cc2)ccc(F)c1F. The Hall–Kier alpha value is -2.28. The van der Waals surface area contributed by atoms with Crippen LogP contribution in [0.2, 0.25) is 0 Å². The number of benzene rings is 2. The van der Waals surface area contributed by atoms with Crippen LogP contribution >= 0.6 is 12.2 Å². The summed E-state index contributed by atoms with van der Waals surface area (Å²) in [6, 6.07) is 7.38. The zero-order valence-electron chi connectivity index (χ0n) is 9.95. The van der Waals surface area contributed by atoms with Gasteiger partial charge in [-0.25, -0.2) is 8.78 Å². The van der Waals surface area contributed by atoms with Gasteiger partial charge >= 0.3 is 0 Å². The molecule has 0 saturated carbocycles. The number of rotatable bonds is 2. The summed E-state index contributed by atoms with van der Waals surface area (Å²) in [5, 5.41) is 14.7. The molecule has 104 valence electrons. The van der Waals surface area contributed by atoms with Crippen molar-refractivity contribution in [2.45, 2.75) is 0 Å². The van der Waals surface area contributed by atoms with E-state index in [4.69, 9.17) is 12.2 Å². The molecule has 0 aliphatic rings. The van der Waals surface area contributed by atoms with Gasteiger partial charge in [-0.3, -0.25) is 0 Å². The third kappa shape index (κ3) is 3.18. The summed E-state index contributed by atoms with van der Waals surface area (Å²) >= 11 is 4.94. The van der Waals surface area contributed by atoms with E-state index in [0.29, 0.717) is 5.69 Å². The van der Waals surface area contributed by atoms with E-state index in [1.165, 1.54) is 24.3 Å². The molecule has 2 aromatic rings. The van der Waals surface area contributed by atoms with Crippen LogP contribution in [0.1, 0.15) is 0 Å². The largest absolute Gasteiger partial charge is 0.503 e. The number of hydrogen-bond acceptors (Lipinski definition) is 2. The van der Waals surface area contributed by atoms with Crippen LogP contribution in [0.3, 0.4) is 0 Å². The van der Waals surface area contributed by atoms with E-state index in [1.54, 1.807) is 0 Å². The van der Waals surface area contributed by atoms with Gasteiger partial charge in [0.2, 0.25) is 5.82 Å². The molecule has 3 nitrogen and oxygen atoms in total. The summed E-state index contributed by atoms with van der Waals surface area (Å²) < 4.78 is 38.7. The molecular formula is C13H9F3N2OS. The van der Waals surface area contributed by atoms with E-state index in [0.717, 1.165) is 12.1 Å². The zero-order chi connectivity index (χ0) is 14.7. The Kier molecular flexibility index (Phi) is 4.09. The van der Waals surface area contributed by atoms with Crippen LogP contribution in [-0.2, 0) is 0 Å². The Morgan fingerprint density at radius 2 is 1.60 bits per heavy atom. The molecule has 2 aromatic carbocycles. The first-order valence-corrected chi connectivity index (χ1v) is 5.88. The summed E-state index contributed by atoms with van der Waals surface area (Å²) in [5.74, 6) is -3.79. The summed E-state index contributed by atoms with van der Waals surface area (Å²) in [6.45, 7) is 0. The number of halogens is 3. The number of hydrogen-bond donors (Lipinski definition) is 3. The molecule has 0 radical (unpaired) electrons. The van der Waals surface area contributed by atoms with E-state index in [1.807, 2.05) is 0 Å². The average molecular weight is 298 g/mol. The van der Waals surface area contributed by atoms with Gasteiger partial charge in [-0.05, 0) is 48.6 Å².